The average molecular weight is 188 g/mol. The third kappa shape index (κ3) is 1.62. The van der Waals surface area contributed by atoms with Crippen molar-refractivity contribution in [3.63, 3.8) is 0 Å². The van der Waals surface area contributed by atoms with E-state index in [0.717, 1.165) is 0 Å². The minimum absolute atomic E-state index is 0.126. The molecule has 0 atom stereocenters. The Labute approximate surface area is 73.2 Å². The fourth-order valence-electron chi connectivity index (χ4n) is 0.741. The van der Waals surface area contributed by atoms with Crippen LogP contribution in [-0.2, 0) is 6.42 Å². The van der Waals surface area contributed by atoms with Crippen LogP contribution in [-0.4, -0.2) is 14.9 Å². The van der Waals surface area contributed by atoms with Crippen molar-refractivity contribution in [2.75, 3.05) is 0 Å². The first-order valence-corrected chi connectivity index (χ1v) is 3.52. The molecule has 0 bridgehead atoms. The number of hydrogen-bond donors (Lipinski definition) is 1. The molecular formula is C6H6ClN3O2. The lowest BCUT2D eigenvalue weighted by molar-refractivity contribution is -0.393. The van der Waals surface area contributed by atoms with Crippen LogP contribution in [0.25, 0.3) is 0 Å². The third-order valence-corrected chi connectivity index (χ3v) is 1.55. The Hall–Kier alpha value is -1.36. The number of nitrogens with one attached hydrogen (secondary N) is 1. The van der Waals surface area contributed by atoms with Gasteiger partial charge in [0.15, 0.2) is 0 Å². The second-order valence-electron chi connectivity index (χ2n) is 2.08. The van der Waals surface area contributed by atoms with Gasteiger partial charge in [0.1, 0.15) is 5.69 Å². The van der Waals surface area contributed by atoms with Crippen molar-refractivity contribution in [3.8, 4) is 0 Å². The summed E-state index contributed by atoms with van der Waals surface area (Å²) >= 11 is 5.57. The van der Waals surface area contributed by atoms with Gasteiger partial charge in [-0.15, -0.1) is 6.58 Å². The number of nitro groups is 1. The van der Waals surface area contributed by atoms with Crippen LogP contribution in [0.4, 0.5) is 5.95 Å². The van der Waals surface area contributed by atoms with Crippen molar-refractivity contribution in [1.82, 2.24) is 9.97 Å². The fraction of sp³-hybridized carbons (Fsp3) is 0.167. The van der Waals surface area contributed by atoms with Crippen molar-refractivity contribution in [3.05, 3.63) is 33.6 Å². The van der Waals surface area contributed by atoms with Crippen molar-refractivity contribution in [2.45, 2.75) is 6.42 Å². The normalized spacial score (nSPS) is 9.75. The summed E-state index contributed by atoms with van der Waals surface area (Å²) in [6, 6.07) is 0. The Morgan fingerprint density at radius 3 is 2.92 bits per heavy atom. The molecule has 0 aliphatic rings. The molecule has 1 aromatic rings. The largest absolute Gasteiger partial charge is 0.433 e. The standard InChI is InChI=1S/C6H6ClN3O2/c1-2-3-4-5(7)9-6(8-4)10(11)12/h2H,1,3H2,(H,8,9). The van der Waals surface area contributed by atoms with E-state index in [0.29, 0.717) is 12.1 Å². The second-order valence-corrected chi connectivity index (χ2v) is 2.44. The number of halogens is 1. The molecule has 5 nitrogen and oxygen atoms in total. The van der Waals surface area contributed by atoms with Crippen molar-refractivity contribution in [2.24, 2.45) is 0 Å². The first-order valence-electron chi connectivity index (χ1n) is 3.15. The lowest BCUT2D eigenvalue weighted by Crippen LogP contribution is -1.89. The summed E-state index contributed by atoms with van der Waals surface area (Å²) in [5.41, 5.74) is 0.512. The van der Waals surface area contributed by atoms with Crippen LogP contribution in [0.3, 0.4) is 0 Å². The number of rotatable bonds is 3. The molecule has 0 saturated carbocycles. The maximum Gasteiger partial charge on any atom is 0.433 e. The molecule has 0 unspecified atom stereocenters. The van der Waals surface area contributed by atoms with Gasteiger partial charge >= 0.3 is 5.95 Å². The van der Waals surface area contributed by atoms with E-state index in [-0.39, 0.29) is 11.1 Å². The first kappa shape index (κ1) is 8.73. The van der Waals surface area contributed by atoms with Crippen molar-refractivity contribution >= 4 is 17.5 Å². The molecule has 0 spiro atoms. The lowest BCUT2D eigenvalue weighted by Gasteiger charge is -1.86. The van der Waals surface area contributed by atoms with Gasteiger partial charge in [-0.1, -0.05) is 11.1 Å². The molecule has 0 fully saturated rings. The molecule has 0 radical (unpaired) electrons. The van der Waals surface area contributed by atoms with Gasteiger partial charge in [-0.05, 0) is 16.5 Å². The highest BCUT2D eigenvalue weighted by Crippen LogP contribution is 2.17. The quantitative estimate of drug-likeness (QED) is 0.445. The molecule has 0 aromatic carbocycles. The predicted molar refractivity (Wildman–Crippen MR) is 44.2 cm³/mol. The highest BCUT2D eigenvalue weighted by atomic mass is 35.5. The maximum absolute atomic E-state index is 10.2. The van der Waals surface area contributed by atoms with Crippen molar-refractivity contribution in [1.29, 1.82) is 0 Å². The van der Waals surface area contributed by atoms with Gasteiger partial charge in [-0.2, -0.15) is 0 Å². The fourth-order valence-corrected chi connectivity index (χ4v) is 0.945. The molecule has 1 heterocycles. The summed E-state index contributed by atoms with van der Waals surface area (Å²) < 4.78 is 0. The first-order chi connectivity index (χ1) is 5.65. The van der Waals surface area contributed by atoms with Crippen LogP contribution in [0, 0.1) is 10.1 Å². The molecular weight excluding hydrogens is 182 g/mol. The number of allylic oxidation sites excluding steroid dienone is 1. The summed E-state index contributed by atoms with van der Waals surface area (Å²) in [5, 5.41) is 10.3. The number of aromatic nitrogens is 2. The van der Waals surface area contributed by atoms with Crippen LogP contribution in [0.5, 0.6) is 0 Å². The Balaban J connectivity index is 2.99. The van der Waals surface area contributed by atoms with Crippen LogP contribution < -0.4 is 0 Å². The van der Waals surface area contributed by atoms with Crippen LogP contribution in [0.2, 0.25) is 5.15 Å². The Morgan fingerprint density at radius 1 is 1.83 bits per heavy atom. The minimum Gasteiger partial charge on any atom is -0.390 e. The Morgan fingerprint density at radius 2 is 2.50 bits per heavy atom. The van der Waals surface area contributed by atoms with Gasteiger partial charge in [0, 0.05) is 6.42 Å². The molecule has 1 N–H and O–H groups in total. The van der Waals surface area contributed by atoms with Gasteiger partial charge in [-0.3, -0.25) is 0 Å². The maximum atomic E-state index is 10.2. The van der Waals surface area contributed by atoms with Gasteiger partial charge in [0.2, 0.25) is 5.15 Å². The van der Waals surface area contributed by atoms with Gasteiger partial charge in [-0.25, -0.2) is 4.98 Å². The summed E-state index contributed by atoms with van der Waals surface area (Å²) in [4.78, 5) is 15.5. The van der Waals surface area contributed by atoms with E-state index in [1.807, 2.05) is 0 Å². The molecule has 0 saturated heterocycles. The Bertz CT molecular complexity index is 321. The van der Waals surface area contributed by atoms with Gasteiger partial charge in [0.05, 0.1) is 0 Å². The molecule has 6 heteroatoms. The zero-order valence-corrected chi connectivity index (χ0v) is 6.84. The monoisotopic (exact) mass is 187 g/mol. The van der Waals surface area contributed by atoms with Crippen LogP contribution in [0.15, 0.2) is 12.7 Å². The van der Waals surface area contributed by atoms with Gasteiger partial charge < -0.3 is 10.1 Å². The number of hydrogen-bond acceptors (Lipinski definition) is 3. The van der Waals surface area contributed by atoms with E-state index in [4.69, 9.17) is 11.6 Å². The van der Waals surface area contributed by atoms with Crippen LogP contribution >= 0.6 is 11.6 Å². The summed E-state index contributed by atoms with van der Waals surface area (Å²) in [6.45, 7) is 3.47. The molecule has 1 aromatic heterocycles. The number of nitrogens with zero attached hydrogens (tertiary/aromatic N) is 2. The van der Waals surface area contributed by atoms with E-state index < -0.39 is 4.92 Å². The Kier molecular flexibility index (Phi) is 2.44. The summed E-state index contributed by atoms with van der Waals surface area (Å²) in [5.74, 6) is -0.336. The molecule has 0 amide bonds. The topological polar surface area (TPSA) is 71.8 Å². The second kappa shape index (κ2) is 3.36. The predicted octanol–water partition coefficient (Wildman–Crippen LogP) is 1.70. The molecule has 1 rings (SSSR count). The van der Waals surface area contributed by atoms with E-state index >= 15 is 0 Å². The zero-order chi connectivity index (χ0) is 9.14. The number of imidazole rings is 1. The minimum atomic E-state index is -0.627. The van der Waals surface area contributed by atoms with Crippen molar-refractivity contribution < 1.29 is 4.92 Å². The SMILES string of the molecule is C=CCc1[nH]c([N+](=O)[O-])nc1Cl. The highest BCUT2D eigenvalue weighted by Gasteiger charge is 2.16. The lowest BCUT2D eigenvalue weighted by atomic mass is 10.3. The van der Waals surface area contributed by atoms with Gasteiger partial charge in [0.25, 0.3) is 0 Å². The number of aromatic amines is 1. The van der Waals surface area contributed by atoms with Crippen LogP contribution in [0.1, 0.15) is 5.69 Å². The van der Waals surface area contributed by atoms with E-state index in [1.165, 1.54) is 0 Å². The smallest absolute Gasteiger partial charge is 0.390 e. The number of H-pyrrole nitrogens is 1. The summed E-state index contributed by atoms with van der Waals surface area (Å²) in [7, 11) is 0. The zero-order valence-electron chi connectivity index (χ0n) is 6.08. The molecule has 64 valence electrons. The van der Waals surface area contributed by atoms with E-state index in [9.17, 15) is 10.1 Å². The molecule has 0 aliphatic heterocycles. The molecule has 0 aliphatic carbocycles. The average Bonchev–Trinajstić information content (AvgIpc) is 2.34. The van der Waals surface area contributed by atoms with E-state index in [2.05, 4.69) is 16.5 Å². The van der Waals surface area contributed by atoms with E-state index in [1.54, 1.807) is 6.08 Å². The molecule has 12 heavy (non-hydrogen) atoms. The third-order valence-electron chi connectivity index (χ3n) is 1.24. The highest BCUT2D eigenvalue weighted by molar-refractivity contribution is 6.30. The summed E-state index contributed by atoms with van der Waals surface area (Å²) in [6.07, 6.45) is 2.03.